The lowest BCUT2D eigenvalue weighted by Crippen LogP contribution is -2.23. The van der Waals surface area contributed by atoms with Gasteiger partial charge in [0.1, 0.15) is 0 Å². The third kappa shape index (κ3) is 1.63. The molecule has 0 radical (unpaired) electrons. The summed E-state index contributed by atoms with van der Waals surface area (Å²) in [6.45, 7) is 0. The Morgan fingerprint density at radius 1 is 1.42 bits per heavy atom. The van der Waals surface area contributed by atoms with E-state index in [1.54, 1.807) is 0 Å². The van der Waals surface area contributed by atoms with Crippen molar-refractivity contribution in [3.8, 4) is 0 Å². The zero-order chi connectivity index (χ0) is 9.14. The molecule has 0 aliphatic carbocycles. The van der Waals surface area contributed by atoms with E-state index in [4.69, 9.17) is 5.73 Å². The fraction of sp³-hybridized carbons (Fsp3) is 0. The van der Waals surface area contributed by atoms with Crippen LogP contribution >= 0.6 is 0 Å². The SMILES string of the molecule is NC(=O)C(=O)c1ccc(F)nc1. The van der Waals surface area contributed by atoms with E-state index in [9.17, 15) is 14.0 Å². The number of amides is 1. The molecule has 62 valence electrons. The van der Waals surface area contributed by atoms with E-state index in [1.807, 2.05) is 0 Å². The van der Waals surface area contributed by atoms with Crippen LogP contribution in [0.15, 0.2) is 18.3 Å². The van der Waals surface area contributed by atoms with Crippen molar-refractivity contribution < 1.29 is 14.0 Å². The monoisotopic (exact) mass is 168 g/mol. The molecule has 0 atom stereocenters. The minimum Gasteiger partial charge on any atom is -0.363 e. The molecule has 1 aromatic rings. The molecule has 0 spiro atoms. The molecule has 1 aromatic heterocycles. The summed E-state index contributed by atoms with van der Waals surface area (Å²) in [4.78, 5) is 24.3. The fourth-order valence-corrected chi connectivity index (χ4v) is 0.652. The molecule has 0 saturated heterocycles. The molecular formula is C7H5FN2O2. The number of halogens is 1. The second kappa shape index (κ2) is 3.08. The zero-order valence-electron chi connectivity index (χ0n) is 5.95. The molecule has 2 N–H and O–H groups in total. The number of hydrogen-bond donors (Lipinski definition) is 1. The van der Waals surface area contributed by atoms with E-state index < -0.39 is 17.6 Å². The number of rotatable bonds is 2. The first-order valence-electron chi connectivity index (χ1n) is 3.07. The van der Waals surface area contributed by atoms with Gasteiger partial charge in [-0.05, 0) is 12.1 Å². The van der Waals surface area contributed by atoms with Gasteiger partial charge in [0.25, 0.3) is 11.7 Å². The molecule has 1 heterocycles. The van der Waals surface area contributed by atoms with Crippen molar-refractivity contribution in [2.24, 2.45) is 5.73 Å². The van der Waals surface area contributed by atoms with Crippen LogP contribution in [0.3, 0.4) is 0 Å². The first-order valence-corrected chi connectivity index (χ1v) is 3.07. The summed E-state index contributed by atoms with van der Waals surface area (Å²) >= 11 is 0. The Kier molecular flexibility index (Phi) is 2.14. The van der Waals surface area contributed by atoms with Crippen molar-refractivity contribution in [1.29, 1.82) is 0 Å². The van der Waals surface area contributed by atoms with Gasteiger partial charge in [-0.15, -0.1) is 0 Å². The maximum absolute atomic E-state index is 12.2. The number of Topliss-reactive ketones (excluding diaryl/α,β-unsaturated/α-hetero) is 1. The fourth-order valence-electron chi connectivity index (χ4n) is 0.652. The highest BCUT2D eigenvalue weighted by atomic mass is 19.1. The Bertz CT molecular complexity index is 321. The van der Waals surface area contributed by atoms with Crippen LogP contribution in [0, 0.1) is 5.95 Å². The zero-order valence-corrected chi connectivity index (χ0v) is 5.95. The molecule has 1 rings (SSSR count). The lowest BCUT2D eigenvalue weighted by atomic mass is 10.2. The second-order valence-electron chi connectivity index (χ2n) is 2.06. The minimum atomic E-state index is -1.08. The van der Waals surface area contributed by atoms with Gasteiger partial charge in [-0.2, -0.15) is 4.39 Å². The molecule has 0 saturated carbocycles. The van der Waals surface area contributed by atoms with Gasteiger partial charge in [-0.3, -0.25) is 9.59 Å². The Hall–Kier alpha value is -1.78. The molecule has 12 heavy (non-hydrogen) atoms. The number of ketones is 1. The summed E-state index contributed by atoms with van der Waals surface area (Å²) in [5.41, 5.74) is 4.69. The highest BCUT2D eigenvalue weighted by molar-refractivity contribution is 6.42. The average Bonchev–Trinajstić information content (AvgIpc) is 2.04. The van der Waals surface area contributed by atoms with Crippen LogP contribution in [0.5, 0.6) is 0 Å². The van der Waals surface area contributed by atoms with Crippen LogP contribution in [-0.4, -0.2) is 16.7 Å². The maximum Gasteiger partial charge on any atom is 0.289 e. The summed E-state index contributed by atoms with van der Waals surface area (Å²) in [7, 11) is 0. The lowest BCUT2D eigenvalue weighted by Gasteiger charge is -1.93. The van der Waals surface area contributed by atoms with E-state index >= 15 is 0 Å². The molecule has 1 amide bonds. The van der Waals surface area contributed by atoms with Gasteiger partial charge >= 0.3 is 0 Å². The quantitative estimate of drug-likeness (QED) is 0.380. The summed E-state index contributed by atoms with van der Waals surface area (Å²) in [5.74, 6) is -2.66. The van der Waals surface area contributed by atoms with Gasteiger partial charge in [0.2, 0.25) is 5.95 Å². The van der Waals surface area contributed by atoms with E-state index in [0.29, 0.717) is 0 Å². The first kappa shape index (κ1) is 8.32. The Morgan fingerprint density at radius 2 is 2.08 bits per heavy atom. The van der Waals surface area contributed by atoms with Crippen LogP contribution in [-0.2, 0) is 4.79 Å². The number of carbonyl (C=O) groups is 2. The highest BCUT2D eigenvalue weighted by Crippen LogP contribution is 1.99. The third-order valence-electron chi connectivity index (χ3n) is 1.21. The molecule has 0 fully saturated rings. The maximum atomic E-state index is 12.2. The van der Waals surface area contributed by atoms with Crippen LogP contribution < -0.4 is 5.73 Å². The summed E-state index contributed by atoms with van der Waals surface area (Å²) in [6.07, 6.45) is 0.961. The van der Waals surface area contributed by atoms with Gasteiger partial charge in [0.15, 0.2) is 0 Å². The summed E-state index contributed by atoms with van der Waals surface area (Å²) in [6, 6.07) is 2.13. The average molecular weight is 168 g/mol. The van der Waals surface area contributed by atoms with Gasteiger partial charge in [-0.1, -0.05) is 0 Å². The summed E-state index contributed by atoms with van der Waals surface area (Å²) < 4.78 is 12.2. The van der Waals surface area contributed by atoms with Crippen molar-refractivity contribution in [2.45, 2.75) is 0 Å². The smallest absolute Gasteiger partial charge is 0.289 e. The van der Waals surface area contributed by atoms with Crippen molar-refractivity contribution >= 4 is 11.7 Å². The number of aromatic nitrogens is 1. The van der Waals surface area contributed by atoms with Crippen molar-refractivity contribution in [2.75, 3.05) is 0 Å². The van der Waals surface area contributed by atoms with E-state index in [0.717, 1.165) is 18.3 Å². The molecule has 5 heteroatoms. The molecule has 0 bridgehead atoms. The van der Waals surface area contributed by atoms with E-state index in [2.05, 4.69) is 4.98 Å². The predicted molar refractivity (Wildman–Crippen MR) is 37.7 cm³/mol. The Morgan fingerprint density at radius 3 is 2.50 bits per heavy atom. The number of primary amides is 1. The first-order chi connectivity index (χ1) is 5.61. The van der Waals surface area contributed by atoms with Crippen LogP contribution in [0.4, 0.5) is 4.39 Å². The van der Waals surface area contributed by atoms with Crippen LogP contribution in [0.1, 0.15) is 10.4 Å². The number of nitrogens with zero attached hydrogens (tertiary/aromatic N) is 1. The van der Waals surface area contributed by atoms with E-state index in [1.165, 1.54) is 0 Å². The molecule has 0 aliphatic rings. The molecular weight excluding hydrogens is 163 g/mol. The number of carbonyl (C=O) groups excluding carboxylic acids is 2. The molecule has 0 aromatic carbocycles. The van der Waals surface area contributed by atoms with Crippen molar-refractivity contribution in [3.63, 3.8) is 0 Å². The topological polar surface area (TPSA) is 73.1 Å². The van der Waals surface area contributed by atoms with Crippen molar-refractivity contribution in [1.82, 2.24) is 4.98 Å². The molecule has 4 nitrogen and oxygen atoms in total. The van der Waals surface area contributed by atoms with Crippen molar-refractivity contribution in [3.05, 3.63) is 29.8 Å². The van der Waals surface area contributed by atoms with Gasteiger partial charge in [-0.25, -0.2) is 4.98 Å². The summed E-state index contributed by atoms with van der Waals surface area (Å²) in [5, 5.41) is 0. The van der Waals surface area contributed by atoms with Crippen LogP contribution in [0.2, 0.25) is 0 Å². The Labute approximate surface area is 67.2 Å². The minimum absolute atomic E-state index is 0.0103. The number of nitrogens with two attached hydrogens (primary N) is 1. The van der Waals surface area contributed by atoms with Gasteiger partial charge in [0.05, 0.1) is 0 Å². The standard InChI is InChI=1S/C7H5FN2O2/c8-5-2-1-4(3-10-5)6(11)7(9)12/h1-3H,(H2,9,12). The number of hydrogen-bond acceptors (Lipinski definition) is 3. The van der Waals surface area contributed by atoms with E-state index in [-0.39, 0.29) is 5.56 Å². The van der Waals surface area contributed by atoms with Gasteiger partial charge in [0, 0.05) is 11.8 Å². The highest BCUT2D eigenvalue weighted by Gasteiger charge is 2.11. The normalized spacial score (nSPS) is 9.42. The second-order valence-corrected chi connectivity index (χ2v) is 2.06. The molecule has 0 aliphatic heterocycles. The van der Waals surface area contributed by atoms with Crippen LogP contribution in [0.25, 0.3) is 0 Å². The Balaban J connectivity index is 2.98. The number of pyridine rings is 1. The molecule has 0 unspecified atom stereocenters. The third-order valence-corrected chi connectivity index (χ3v) is 1.21. The lowest BCUT2D eigenvalue weighted by molar-refractivity contribution is -0.114. The van der Waals surface area contributed by atoms with Gasteiger partial charge < -0.3 is 5.73 Å². The predicted octanol–water partition coefficient (Wildman–Crippen LogP) is -0.111. The largest absolute Gasteiger partial charge is 0.363 e.